The number of hydrogen-bond donors (Lipinski definition) is 1. The number of fused-ring (bicyclic) bond motifs is 3. The maximum absolute atomic E-state index is 12.4. The molecule has 62 heavy (non-hydrogen) atoms. The van der Waals surface area contributed by atoms with Crippen molar-refractivity contribution in [3.8, 4) is 33.4 Å². The Morgan fingerprint density at radius 3 is 1.26 bits per heavy atom. The maximum Gasteiger partial charge on any atom is 0.236 e. The van der Waals surface area contributed by atoms with Gasteiger partial charge in [0.2, 0.25) is 17.7 Å². The highest BCUT2D eigenvalue weighted by atomic mass is 16.2. The van der Waals surface area contributed by atoms with Gasteiger partial charge < -0.3 is 20.4 Å². The molecule has 3 aromatic carbocycles. The number of nitrogens with two attached hydrogens (primary N) is 1. The summed E-state index contributed by atoms with van der Waals surface area (Å²) in [6, 6.07) is 20.5. The zero-order chi connectivity index (χ0) is 45.2. The second-order valence-corrected chi connectivity index (χ2v) is 18.2. The molecule has 0 atom stereocenters. The summed E-state index contributed by atoms with van der Waals surface area (Å²) >= 11 is 0. The van der Waals surface area contributed by atoms with Crippen molar-refractivity contribution in [2.24, 2.45) is 0 Å². The van der Waals surface area contributed by atoms with Gasteiger partial charge in [0.25, 0.3) is 0 Å². The van der Waals surface area contributed by atoms with Crippen LogP contribution in [0.4, 0.5) is 22.7 Å². The lowest BCUT2D eigenvalue weighted by atomic mass is 9.85. The van der Waals surface area contributed by atoms with E-state index in [0.29, 0.717) is 5.69 Å². The molecular formula is C51H56N8O3. The first-order valence-electron chi connectivity index (χ1n) is 20.8. The number of pyridine rings is 2. The third-order valence-corrected chi connectivity index (χ3v) is 12.8. The topological polar surface area (TPSA) is 139 Å². The molecule has 6 aromatic rings. The zero-order valence-corrected chi connectivity index (χ0v) is 38.1. The molecule has 318 valence electrons. The average molecular weight is 829 g/mol. The van der Waals surface area contributed by atoms with E-state index in [0.717, 1.165) is 84.1 Å². The molecule has 0 saturated carbocycles. The number of anilines is 4. The molecule has 0 fully saturated rings. The molecular weight excluding hydrogens is 773 g/mol. The van der Waals surface area contributed by atoms with Crippen LogP contribution in [0.25, 0.3) is 33.4 Å². The van der Waals surface area contributed by atoms with Crippen molar-refractivity contribution in [2.45, 2.75) is 85.5 Å². The van der Waals surface area contributed by atoms with E-state index in [4.69, 9.17) is 5.73 Å². The predicted octanol–water partition coefficient (Wildman–Crippen LogP) is 9.22. The third kappa shape index (κ3) is 7.18. The second-order valence-electron chi connectivity index (χ2n) is 18.2. The first-order valence-corrected chi connectivity index (χ1v) is 20.8. The number of carbonyl (C=O) groups is 3. The van der Waals surface area contributed by atoms with Gasteiger partial charge in [0.15, 0.2) is 0 Å². The molecule has 9 rings (SSSR count). The number of benzene rings is 3. The maximum atomic E-state index is 12.4. The fourth-order valence-corrected chi connectivity index (χ4v) is 9.22. The molecule has 11 nitrogen and oxygen atoms in total. The summed E-state index contributed by atoms with van der Waals surface area (Å²) in [6.07, 6.45) is 8.75. The highest BCUT2D eigenvalue weighted by molar-refractivity contribution is 6.09. The monoisotopic (exact) mass is 828 g/mol. The second kappa shape index (κ2) is 15.6. The molecule has 3 aliphatic rings. The van der Waals surface area contributed by atoms with Gasteiger partial charge >= 0.3 is 0 Å². The lowest BCUT2D eigenvalue weighted by Crippen LogP contribution is -2.33. The minimum absolute atomic E-state index is 0.121. The van der Waals surface area contributed by atoms with Crippen LogP contribution in [-0.2, 0) is 30.6 Å². The largest absolute Gasteiger partial charge is 0.397 e. The predicted molar refractivity (Wildman–Crippen MR) is 249 cm³/mol. The summed E-state index contributed by atoms with van der Waals surface area (Å²) in [5, 5.41) is 0. The van der Waals surface area contributed by atoms with E-state index in [2.05, 4.69) is 70.2 Å². The normalized spacial score (nSPS) is 16.3. The summed E-state index contributed by atoms with van der Waals surface area (Å²) in [5.74, 6) is 0.403. The van der Waals surface area contributed by atoms with Crippen molar-refractivity contribution in [1.82, 2.24) is 19.9 Å². The lowest BCUT2D eigenvalue weighted by molar-refractivity contribution is -0.122. The Morgan fingerprint density at radius 2 is 0.839 bits per heavy atom. The number of aryl methyl sites for hydroxylation is 4. The summed E-state index contributed by atoms with van der Waals surface area (Å²) < 4.78 is 0. The number of hydrogen-bond acceptors (Lipinski definition) is 8. The molecule has 0 radical (unpaired) electrons. The highest BCUT2D eigenvalue weighted by Gasteiger charge is 2.44. The van der Waals surface area contributed by atoms with Crippen LogP contribution >= 0.6 is 0 Å². The molecule has 3 amide bonds. The number of amides is 3. The van der Waals surface area contributed by atoms with Crippen LogP contribution in [0.5, 0.6) is 0 Å². The van der Waals surface area contributed by atoms with E-state index in [1.165, 1.54) is 5.56 Å². The van der Waals surface area contributed by atoms with Gasteiger partial charge in [-0.05, 0) is 144 Å². The zero-order valence-electron chi connectivity index (χ0n) is 38.1. The Balaban J connectivity index is 0.000000140. The van der Waals surface area contributed by atoms with E-state index in [1.807, 2.05) is 113 Å². The van der Waals surface area contributed by atoms with Gasteiger partial charge in [-0.15, -0.1) is 0 Å². The van der Waals surface area contributed by atoms with Crippen molar-refractivity contribution in [3.63, 3.8) is 0 Å². The third-order valence-electron chi connectivity index (χ3n) is 12.8. The molecule has 0 bridgehead atoms. The van der Waals surface area contributed by atoms with Crippen LogP contribution in [0.1, 0.15) is 80.7 Å². The van der Waals surface area contributed by atoms with Gasteiger partial charge in [-0.3, -0.25) is 24.4 Å². The molecule has 3 aromatic heterocycles. The van der Waals surface area contributed by atoms with Crippen molar-refractivity contribution < 1.29 is 14.4 Å². The van der Waals surface area contributed by atoms with E-state index in [-0.39, 0.29) is 17.7 Å². The SMILES string of the molecule is CN1C(=O)C(C)(C)c2ccc(-c3cncc(N)c3)cc21.Cc1cncc(C)c1-c1ccc2c(c1)N(C)C(=O)C2(C)C.Cc1ncnc(C)c1-c1ccc2c(c1)N(C)C(=O)C2(C)C. The molecule has 0 saturated heterocycles. The van der Waals surface area contributed by atoms with Gasteiger partial charge in [0.1, 0.15) is 6.33 Å². The molecule has 3 aliphatic heterocycles. The number of carbonyl (C=O) groups excluding carboxylic acids is 3. The molecule has 0 aliphatic carbocycles. The first-order chi connectivity index (χ1) is 29.1. The van der Waals surface area contributed by atoms with Gasteiger partial charge in [-0.2, -0.15) is 0 Å². The fourth-order valence-electron chi connectivity index (χ4n) is 9.22. The van der Waals surface area contributed by atoms with E-state index >= 15 is 0 Å². The van der Waals surface area contributed by atoms with Crippen LogP contribution in [0.3, 0.4) is 0 Å². The van der Waals surface area contributed by atoms with Crippen LogP contribution in [-0.4, -0.2) is 58.8 Å². The van der Waals surface area contributed by atoms with Gasteiger partial charge in [-0.25, -0.2) is 9.97 Å². The number of aromatic nitrogens is 4. The number of rotatable bonds is 3. The Hall–Kier alpha value is -6.75. The fraction of sp³-hybridized carbons (Fsp3) is 0.314. The number of nitrogen functional groups attached to an aromatic ring is 1. The highest BCUT2D eigenvalue weighted by Crippen LogP contribution is 2.45. The average Bonchev–Trinajstić information content (AvgIpc) is 3.60. The Bertz CT molecular complexity index is 2640. The number of likely N-dealkylation sites (N-methyl/N-ethyl adjacent to an activating group) is 3. The van der Waals surface area contributed by atoms with E-state index in [1.54, 1.807) is 33.4 Å². The van der Waals surface area contributed by atoms with Crippen LogP contribution < -0.4 is 20.4 Å². The quantitative estimate of drug-likeness (QED) is 0.186. The summed E-state index contributed by atoms with van der Waals surface area (Å²) in [7, 11) is 5.50. The Morgan fingerprint density at radius 1 is 0.468 bits per heavy atom. The number of nitrogens with zero attached hydrogens (tertiary/aromatic N) is 7. The Kier molecular flexibility index (Phi) is 10.9. The minimum atomic E-state index is -0.462. The van der Waals surface area contributed by atoms with Crippen molar-refractivity contribution in [2.75, 3.05) is 41.6 Å². The van der Waals surface area contributed by atoms with E-state index < -0.39 is 16.2 Å². The van der Waals surface area contributed by atoms with Gasteiger partial charge in [0, 0.05) is 85.5 Å². The van der Waals surface area contributed by atoms with Crippen LogP contribution in [0, 0.1) is 27.7 Å². The molecule has 6 heterocycles. The molecule has 11 heteroatoms. The molecule has 0 spiro atoms. The smallest absolute Gasteiger partial charge is 0.236 e. The minimum Gasteiger partial charge on any atom is -0.397 e. The van der Waals surface area contributed by atoms with Crippen molar-refractivity contribution in [1.29, 1.82) is 0 Å². The Labute approximate surface area is 365 Å². The first kappa shape index (κ1) is 43.3. The van der Waals surface area contributed by atoms with Crippen molar-refractivity contribution >= 4 is 40.5 Å². The molecule has 0 unspecified atom stereocenters. The summed E-state index contributed by atoms with van der Waals surface area (Å²) in [5.41, 5.74) is 21.9. The van der Waals surface area contributed by atoms with E-state index in [9.17, 15) is 14.4 Å². The summed E-state index contributed by atoms with van der Waals surface area (Å²) in [4.78, 5) is 59.2. The van der Waals surface area contributed by atoms with Crippen LogP contribution in [0.2, 0.25) is 0 Å². The molecule has 2 N–H and O–H groups in total. The van der Waals surface area contributed by atoms with Gasteiger partial charge in [-0.1, -0.05) is 36.4 Å². The van der Waals surface area contributed by atoms with Crippen molar-refractivity contribution in [3.05, 3.63) is 131 Å². The van der Waals surface area contributed by atoms with Gasteiger partial charge in [0.05, 0.1) is 21.9 Å². The summed E-state index contributed by atoms with van der Waals surface area (Å²) in [6.45, 7) is 19.9. The lowest BCUT2D eigenvalue weighted by Gasteiger charge is -2.16. The standard InChI is InChI=1S/C18H20N2O.C17H19N3O.C16H17N3O/c1-11-9-19-10-12(2)16(11)13-6-7-14-15(8-13)20(5)17(21)18(14,3)4;1-10-15(11(2)19-9-18-10)12-6-7-13-14(8-12)20(5)16(21)17(13,3)4;1-16(2)13-5-4-10(7-14(13)19(3)15(16)20)11-6-12(17)9-18-8-11/h6-10H,1-5H3;6-9H,1-5H3;4-9H,17H2,1-3H3. The van der Waals surface area contributed by atoms with Crippen LogP contribution in [0.15, 0.2) is 91.8 Å².